The largest absolute Gasteiger partial charge is 0.442 e. The fraction of sp³-hybridized carbons (Fsp3) is 0.421. The van der Waals surface area contributed by atoms with E-state index in [0.717, 1.165) is 11.3 Å². The van der Waals surface area contributed by atoms with E-state index in [0.29, 0.717) is 30.3 Å². The lowest BCUT2D eigenvalue weighted by Gasteiger charge is -2.21. The number of nitrogens with zero attached hydrogens (tertiary/aromatic N) is 4. The van der Waals surface area contributed by atoms with E-state index < -0.39 is 28.8 Å². The van der Waals surface area contributed by atoms with Gasteiger partial charge in [-0.15, -0.1) is 0 Å². The monoisotopic (exact) mass is 435 g/mol. The molecule has 4 rings (SSSR count). The molecule has 9 nitrogen and oxygen atoms in total. The first-order valence-corrected chi connectivity index (χ1v) is 11.1. The third kappa shape index (κ3) is 4.16. The van der Waals surface area contributed by atoms with Gasteiger partial charge in [0.15, 0.2) is 0 Å². The zero-order valence-electron chi connectivity index (χ0n) is 16.6. The summed E-state index contributed by atoms with van der Waals surface area (Å²) in [6.07, 6.45) is 2.42. The molecule has 2 atom stereocenters. The molecule has 3 heterocycles. The van der Waals surface area contributed by atoms with Crippen LogP contribution in [0.4, 0.5) is 20.6 Å². The minimum Gasteiger partial charge on any atom is -0.442 e. The van der Waals surface area contributed by atoms with Gasteiger partial charge in [0, 0.05) is 42.3 Å². The first-order chi connectivity index (χ1) is 14.3. The van der Waals surface area contributed by atoms with E-state index in [-0.39, 0.29) is 19.0 Å². The molecular formula is C19H22FN5O4S. The van der Waals surface area contributed by atoms with Crippen molar-refractivity contribution < 1.29 is 22.9 Å². The number of hydrogen-bond acceptors (Lipinski definition) is 6. The third-order valence-corrected chi connectivity index (χ3v) is 5.61. The smallest absolute Gasteiger partial charge is 0.414 e. The molecule has 1 aromatic heterocycles. The Morgan fingerprint density at radius 2 is 2.20 bits per heavy atom. The van der Waals surface area contributed by atoms with Crippen molar-refractivity contribution in [2.45, 2.75) is 32.0 Å². The molecule has 0 spiro atoms. The van der Waals surface area contributed by atoms with E-state index in [1.54, 1.807) is 23.1 Å². The number of amides is 2. The SMILES string of the molecule is CC(=O)NC[C@H]1CN(c2ccc(N3Cc4cn(CS(C)=O)nc4C3)c(F)c2)C(=O)O1. The van der Waals surface area contributed by atoms with Crippen molar-refractivity contribution in [2.75, 3.05) is 29.1 Å². The molecule has 0 aliphatic carbocycles. The number of carbonyl (C=O) groups is 2. The molecule has 0 saturated carbocycles. The van der Waals surface area contributed by atoms with Crippen molar-refractivity contribution in [2.24, 2.45) is 0 Å². The molecule has 1 aromatic carbocycles. The number of cyclic esters (lactones) is 1. The molecule has 1 unspecified atom stereocenters. The van der Waals surface area contributed by atoms with Crippen molar-refractivity contribution in [1.82, 2.24) is 15.1 Å². The second-order valence-corrected chi connectivity index (χ2v) is 8.79. The average Bonchev–Trinajstić information content (AvgIpc) is 3.32. The highest BCUT2D eigenvalue weighted by atomic mass is 32.2. The quantitative estimate of drug-likeness (QED) is 0.736. The molecule has 2 aliphatic rings. The van der Waals surface area contributed by atoms with Crippen LogP contribution in [-0.2, 0) is 39.3 Å². The Balaban J connectivity index is 1.44. The van der Waals surface area contributed by atoms with Crippen LogP contribution in [0.3, 0.4) is 0 Å². The molecule has 0 radical (unpaired) electrons. The van der Waals surface area contributed by atoms with Gasteiger partial charge in [-0.05, 0) is 18.2 Å². The van der Waals surface area contributed by atoms with E-state index >= 15 is 0 Å². The third-order valence-electron chi connectivity index (χ3n) is 4.98. The summed E-state index contributed by atoms with van der Waals surface area (Å²) >= 11 is 0. The Labute approximate surface area is 175 Å². The van der Waals surface area contributed by atoms with Gasteiger partial charge in [0.2, 0.25) is 5.91 Å². The van der Waals surface area contributed by atoms with E-state index in [4.69, 9.17) is 4.74 Å². The van der Waals surface area contributed by atoms with Gasteiger partial charge in [0.05, 0.1) is 36.7 Å². The predicted octanol–water partition coefficient (Wildman–Crippen LogP) is 1.34. The number of carbonyl (C=O) groups excluding carboxylic acids is 2. The van der Waals surface area contributed by atoms with Crippen LogP contribution in [0, 0.1) is 5.82 Å². The molecular weight excluding hydrogens is 413 g/mol. The van der Waals surface area contributed by atoms with E-state index in [9.17, 15) is 18.2 Å². The summed E-state index contributed by atoms with van der Waals surface area (Å²) < 4.78 is 33.1. The van der Waals surface area contributed by atoms with Gasteiger partial charge in [-0.25, -0.2) is 9.18 Å². The molecule has 2 aliphatic heterocycles. The zero-order valence-corrected chi connectivity index (χ0v) is 17.4. The number of aromatic nitrogens is 2. The highest BCUT2D eigenvalue weighted by Crippen LogP contribution is 2.32. The molecule has 1 saturated heterocycles. The van der Waals surface area contributed by atoms with Crippen LogP contribution < -0.4 is 15.1 Å². The minimum absolute atomic E-state index is 0.207. The van der Waals surface area contributed by atoms with Gasteiger partial charge in [-0.1, -0.05) is 0 Å². The van der Waals surface area contributed by atoms with Crippen LogP contribution in [0.1, 0.15) is 18.2 Å². The summed E-state index contributed by atoms with van der Waals surface area (Å²) in [5, 5.41) is 7.04. The Bertz CT molecular complexity index is 1000. The first-order valence-electron chi connectivity index (χ1n) is 9.42. The molecule has 30 heavy (non-hydrogen) atoms. The zero-order chi connectivity index (χ0) is 21.4. The predicted molar refractivity (Wildman–Crippen MR) is 109 cm³/mol. The van der Waals surface area contributed by atoms with E-state index in [1.165, 1.54) is 17.9 Å². The number of halogens is 1. The molecule has 1 fully saturated rings. The fourth-order valence-electron chi connectivity index (χ4n) is 3.65. The summed E-state index contributed by atoms with van der Waals surface area (Å²) in [6, 6.07) is 4.63. The average molecular weight is 435 g/mol. The van der Waals surface area contributed by atoms with Crippen LogP contribution >= 0.6 is 0 Å². The first kappa shape index (κ1) is 20.3. The lowest BCUT2D eigenvalue weighted by atomic mass is 10.2. The highest BCUT2D eigenvalue weighted by molar-refractivity contribution is 7.83. The number of ether oxygens (including phenoxy) is 1. The van der Waals surface area contributed by atoms with Crippen LogP contribution in [-0.4, -0.2) is 51.4 Å². The molecule has 160 valence electrons. The minimum atomic E-state index is -0.987. The number of rotatable bonds is 6. The maximum atomic E-state index is 14.9. The van der Waals surface area contributed by atoms with Crippen molar-refractivity contribution >= 4 is 34.2 Å². The van der Waals surface area contributed by atoms with Gasteiger partial charge in [0.1, 0.15) is 17.8 Å². The van der Waals surface area contributed by atoms with Gasteiger partial charge in [-0.3, -0.25) is 18.6 Å². The Kier molecular flexibility index (Phi) is 5.46. The lowest BCUT2D eigenvalue weighted by molar-refractivity contribution is -0.119. The summed E-state index contributed by atoms with van der Waals surface area (Å²) in [5.74, 6) is -0.315. The molecule has 2 amide bonds. The van der Waals surface area contributed by atoms with Crippen molar-refractivity contribution in [3.63, 3.8) is 0 Å². The Hall–Kier alpha value is -2.95. The topological polar surface area (TPSA) is 96.8 Å². The molecule has 0 bridgehead atoms. The fourth-order valence-corrected chi connectivity index (χ4v) is 4.15. The standard InChI is InChI=1S/C19H22FN5O4S/c1-12(26)21-6-15-9-25(19(27)29-15)14-3-4-18(16(20)5-14)23-7-13-8-24(11-30(2)28)22-17(13)10-23/h3-5,8,15H,6-7,9-11H2,1-2H3,(H,21,26)/t15-,30?/m0/s1. The van der Waals surface area contributed by atoms with Gasteiger partial charge in [0.25, 0.3) is 0 Å². The van der Waals surface area contributed by atoms with E-state index in [2.05, 4.69) is 10.4 Å². The van der Waals surface area contributed by atoms with Gasteiger partial charge in [-0.2, -0.15) is 5.10 Å². The molecule has 1 N–H and O–H groups in total. The summed E-state index contributed by atoms with van der Waals surface area (Å²) in [5.41, 5.74) is 2.64. The van der Waals surface area contributed by atoms with Crippen LogP contribution in [0.15, 0.2) is 24.4 Å². The highest BCUT2D eigenvalue weighted by Gasteiger charge is 2.33. The van der Waals surface area contributed by atoms with Crippen molar-refractivity contribution in [3.05, 3.63) is 41.5 Å². The summed E-state index contributed by atoms with van der Waals surface area (Å²) in [7, 11) is -0.987. The van der Waals surface area contributed by atoms with Crippen LogP contribution in [0.2, 0.25) is 0 Å². The van der Waals surface area contributed by atoms with Crippen molar-refractivity contribution in [3.8, 4) is 0 Å². The van der Waals surface area contributed by atoms with Crippen LogP contribution in [0.25, 0.3) is 0 Å². The van der Waals surface area contributed by atoms with Gasteiger partial charge >= 0.3 is 6.09 Å². The second-order valence-electron chi connectivity index (χ2n) is 7.39. The van der Waals surface area contributed by atoms with Crippen LogP contribution in [0.5, 0.6) is 0 Å². The van der Waals surface area contributed by atoms with Gasteiger partial charge < -0.3 is 15.0 Å². The maximum absolute atomic E-state index is 14.9. The summed E-state index contributed by atoms with van der Waals surface area (Å²) in [4.78, 5) is 26.4. The Morgan fingerprint density at radius 3 is 2.87 bits per heavy atom. The maximum Gasteiger partial charge on any atom is 0.414 e. The number of fused-ring (bicyclic) bond motifs is 1. The number of hydrogen-bond donors (Lipinski definition) is 1. The summed E-state index contributed by atoms with van der Waals surface area (Å²) in [6.45, 7) is 2.80. The Morgan fingerprint density at radius 1 is 1.40 bits per heavy atom. The number of nitrogens with one attached hydrogen (secondary N) is 1. The number of anilines is 2. The van der Waals surface area contributed by atoms with E-state index in [1.807, 2.05) is 11.1 Å². The second kappa shape index (κ2) is 8.05. The normalized spacial score (nSPS) is 19.0. The molecule has 2 aromatic rings. The lowest BCUT2D eigenvalue weighted by Crippen LogP contribution is -2.33. The number of benzene rings is 1. The van der Waals surface area contributed by atoms with Crippen molar-refractivity contribution in [1.29, 1.82) is 0 Å². The molecule has 11 heteroatoms.